The Morgan fingerprint density at radius 2 is 1.76 bits per heavy atom. The normalized spacial score (nSPS) is 22.9. The first-order valence-electron chi connectivity index (χ1n) is 11.9. The first-order valence-corrected chi connectivity index (χ1v) is 13.7. The molecule has 1 saturated carbocycles. The predicted molar refractivity (Wildman–Crippen MR) is 134 cm³/mol. The van der Waals surface area contributed by atoms with Gasteiger partial charge in [-0.05, 0) is 68.5 Å². The number of urea groups is 1. The fraction of sp³-hybridized carbons (Fsp3) is 0.417. The molecule has 4 N–H and O–H groups in total. The van der Waals surface area contributed by atoms with Gasteiger partial charge in [0, 0.05) is 30.9 Å². The van der Waals surface area contributed by atoms with Crippen LogP contribution in [-0.4, -0.2) is 60.9 Å². The Kier molecular flexibility index (Phi) is 8.32. The van der Waals surface area contributed by atoms with E-state index in [1.54, 1.807) is 0 Å². The lowest BCUT2D eigenvalue weighted by Gasteiger charge is -2.42. The van der Waals surface area contributed by atoms with Crippen LogP contribution in [0.25, 0.3) is 0 Å². The molecule has 2 aromatic carbocycles. The Morgan fingerprint density at radius 3 is 2.43 bits per heavy atom. The molecule has 0 spiro atoms. The molecular formula is C24H28ClF2N5O4S. The topological polar surface area (TPSA) is 125 Å². The van der Waals surface area contributed by atoms with Gasteiger partial charge in [-0.1, -0.05) is 17.7 Å². The number of benzene rings is 2. The van der Waals surface area contributed by atoms with Crippen LogP contribution in [0.3, 0.4) is 0 Å². The summed E-state index contributed by atoms with van der Waals surface area (Å²) < 4.78 is 55.5. The number of hydrogen-bond acceptors (Lipinski definition) is 5. The highest BCUT2D eigenvalue weighted by Gasteiger charge is 2.45. The first kappa shape index (κ1) is 27.2. The summed E-state index contributed by atoms with van der Waals surface area (Å²) in [6.45, 7) is 0.0136. The van der Waals surface area contributed by atoms with Crippen molar-refractivity contribution in [3.05, 3.63) is 59.1 Å². The van der Waals surface area contributed by atoms with Crippen LogP contribution < -0.4 is 16.4 Å². The standard InChI is InChI=1S/C24H28ClF2N5O4S/c25-20-14-19(9-10-21(20)27)37(35,36)32-12-2-11-31(24(34)30-18-4-1-3-15(26)13-18)23(32)22(33)29-17-7-5-16(28)6-8-17/h1,3-4,9-10,13-14,16-17,23H,2,5-8,11-12,28H2,(H,29,33)(H,30,34). The monoisotopic (exact) mass is 555 g/mol. The molecule has 1 atom stereocenters. The zero-order valence-electron chi connectivity index (χ0n) is 19.9. The molecular weight excluding hydrogens is 528 g/mol. The number of halogens is 3. The van der Waals surface area contributed by atoms with E-state index >= 15 is 0 Å². The van der Waals surface area contributed by atoms with Gasteiger partial charge in [0.1, 0.15) is 11.6 Å². The highest BCUT2D eigenvalue weighted by Crippen LogP contribution is 2.28. The van der Waals surface area contributed by atoms with Gasteiger partial charge in [-0.2, -0.15) is 4.31 Å². The largest absolute Gasteiger partial charge is 0.350 e. The van der Waals surface area contributed by atoms with Crippen LogP contribution >= 0.6 is 11.6 Å². The second kappa shape index (κ2) is 11.3. The minimum Gasteiger partial charge on any atom is -0.350 e. The Bertz CT molecular complexity index is 1270. The van der Waals surface area contributed by atoms with Crippen LogP contribution in [0.1, 0.15) is 32.1 Å². The minimum atomic E-state index is -4.37. The minimum absolute atomic E-state index is 0.0384. The SMILES string of the molecule is NC1CCC(NC(=O)C2N(C(=O)Nc3cccc(F)c3)CCCN2S(=O)(=O)c2ccc(F)c(Cl)c2)CC1. The number of anilines is 1. The highest BCUT2D eigenvalue weighted by molar-refractivity contribution is 7.89. The van der Waals surface area contributed by atoms with Gasteiger partial charge in [0.15, 0.2) is 6.17 Å². The third kappa shape index (κ3) is 6.20. The molecule has 1 unspecified atom stereocenters. The van der Waals surface area contributed by atoms with E-state index in [0.717, 1.165) is 33.5 Å². The number of sulfonamides is 1. The summed E-state index contributed by atoms with van der Waals surface area (Å²) in [5, 5.41) is 5.02. The van der Waals surface area contributed by atoms with E-state index in [2.05, 4.69) is 10.6 Å². The fourth-order valence-corrected chi connectivity index (χ4v) is 6.47. The predicted octanol–water partition coefficient (Wildman–Crippen LogP) is 3.26. The highest BCUT2D eigenvalue weighted by atomic mass is 35.5. The number of hydrogen-bond donors (Lipinski definition) is 3. The summed E-state index contributed by atoms with van der Waals surface area (Å²) in [4.78, 5) is 27.6. The molecule has 2 fully saturated rings. The van der Waals surface area contributed by atoms with Gasteiger partial charge >= 0.3 is 6.03 Å². The van der Waals surface area contributed by atoms with E-state index in [0.29, 0.717) is 25.7 Å². The van der Waals surface area contributed by atoms with E-state index in [-0.39, 0.29) is 42.2 Å². The van der Waals surface area contributed by atoms with Crippen molar-refractivity contribution in [2.45, 2.75) is 55.2 Å². The average Bonchev–Trinajstić information content (AvgIpc) is 2.86. The fourth-order valence-electron chi connectivity index (χ4n) is 4.61. The summed E-state index contributed by atoms with van der Waals surface area (Å²) in [5.41, 5.74) is 6.11. The van der Waals surface area contributed by atoms with Crippen molar-refractivity contribution in [2.75, 3.05) is 18.4 Å². The van der Waals surface area contributed by atoms with Gasteiger partial charge in [-0.15, -0.1) is 0 Å². The molecule has 0 aromatic heterocycles. The number of carbonyl (C=O) groups is 2. The lowest BCUT2D eigenvalue weighted by atomic mass is 9.92. The van der Waals surface area contributed by atoms with Crippen LogP contribution in [-0.2, 0) is 14.8 Å². The molecule has 0 radical (unpaired) electrons. The molecule has 2 aromatic rings. The third-order valence-electron chi connectivity index (χ3n) is 6.53. The Hall–Kier alpha value is -2.80. The molecule has 1 heterocycles. The number of rotatable bonds is 5. The van der Waals surface area contributed by atoms with Crippen molar-refractivity contribution < 1.29 is 26.8 Å². The molecule has 37 heavy (non-hydrogen) atoms. The van der Waals surface area contributed by atoms with E-state index < -0.39 is 44.8 Å². The van der Waals surface area contributed by atoms with Crippen LogP contribution in [0.4, 0.5) is 19.3 Å². The van der Waals surface area contributed by atoms with Crippen molar-refractivity contribution in [1.82, 2.24) is 14.5 Å². The number of nitrogens with zero attached hydrogens (tertiary/aromatic N) is 2. The average molecular weight is 556 g/mol. The van der Waals surface area contributed by atoms with Gasteiger partial charge in [0.2, 0.25) is 10.0 Å². The molecule has 3 amide bonds. The number of amides is 3. The van der Waals surface area contributed by atoms with Crippen molar-refractivity contribution >= 4 is 39.2 Å². The lowest BCUT2D eigenvalue weighted by Crippen LogP contribution is -2.65. The van der Waals surface area contributed by atoms with Crippen molar-refractivity contribution in [3.63, 3.8) is 0 Å². The van der Waals surface area contributed by atoms with E-state index in [1.165, 1.54) is 18.2 Å². The van der Waals surface area contributed by atoms with Crippen molar-refractivity contribution in [1.29, 1.82) is 0 Å². The number of nitrogens with two attached hydrogens (primary N) is 1. The third-order valence-corrected chi connectivity index (χ3v) is 8.67. The maximum atomic E-state index is 13.7. The van der Waals surface area contributed by atoms with Gasteiger partial charge in [-0.25, -0.2) is 22.0 Å². The number of nitrogens with one attached hydrogen (secondary N) is 2. The lowest BCUT2D eigenvalue weighted by molar-refractivity contribution is -0.131. The molecule has 1 saturated heterocycles. The second-order valence-electron chi connectivity index (χ2n) is 9.17. The molecule has 9 nitrogen and oxygen atoms in total. The summed E-state index contributed by atoms with van der Waals surface area (Å²) in [6, 6.07) is 7.19. The zero-order chi connectivity index (χ0) is 26.7. The molecule has 4 rings (SSSR count). The summed E-state index contributed by atoms with van der Waals surface area (Å²) in [6.07, 6.45) is 1.34. The van der Waals surface area contributed by atoms with Crippen LogP contribution in [0, 0.1) is 11.6 Å². The molecule has 200 valence electrons. The van der Waals surface area contributed by atoms with Crippen molar-refractivity contribution in [2.24, 2.45) is 5.73 Å². The van der Waals surface area contributed by atoms with Gasteiger partial charge in [0.05, 0.1) is 9.92 Å². The quantitative estimate of drug-likeness (QED) is 0.522. The molecule has 1 aliphatic heterocycles. The van der Waals surface area contributed by atoms with Gasteiger partial charge < -0.3 is 16.4 Å². The zero-order valence-corrected chi connectivity index (χ0v) is 21.4. The molecule has 2 aliphatic rings. The van der Waals surface area contributed by atoms with Crippen LogP contribution in [0.15, 0.2) is 47.4 Å². The van der Waals surface area contributed by atoms with Gasteiger partial charge in [-0.3, -0.25) is 9.69 Å². The summed E-state index contributed by atoms with van der Waals surface area (Å²) in [7, 11) is -4.37. The second-order valence-corrected chi connectivity index (χ2v) is 11.5. The summed E-state index contributed by atoms with van der Waals surface area (Å²) in [5.74, 6) is -2.04. The van der Waals surface area contributed by atoms with Crippen LogP contribution in [0.5, 0.6) is 0 Å². The smallest absolute Gasteiger partial charge is 0.323 e. The number of carbonyl (C=O) groups excluding carboxylic acids is 2. The molecule has 13 heteroatoms. The summed E-state index contributed by atoms with van der Waals surface area (Å²) >= 11 is 5.83. The Balaban J connectivity index is 1.66. The maximum absolute atomic E-state index is 13.7. The van der Waals surface area contributed by atoms with E-state index in [9.17, 15) is 26.8 Å². The van der Waals surface area contributed by atoms with Crippen molar-refractivity contribution in [3.8, 4) is 0 Å². The molecule has 1 aliphatic carbocycles. The Morgan fingerprint density at radius 1 is 1.03 bits per heavy atom. The van der Waals surface area contributed by atoms with E-state index in [1.807, 2.05) is 0 Å². The first-order chi connectivity index (χ1) is 17.6. The van der Waals surface area contributed by atoms with Gasteiger partial charge in [0.25, 0.3) is 5.91 Å². The molecule has 0 bridgehead atoms. The van der Waals surface area contributed by atoms with E-state index in [4.69, 9.17) is 17.3 Å². The van der Waals surface area contributed by atoms with Crippen LogP contribution in [0.2, 0.25) is 5.02 Å². The maximum Gasteiger partial charge on any atom is 0.323 e. The Labute approximate surface area is 219 Å².